The lowest BCUT2D eigenvalue weighted by molar-refractivity contribution is 1.16. The predicted molar refractivity (Wildman–Crippen MR) is 69.2 cm³/mol. The highest BCUT2D eigenvalue weighted by Gasteiger charge is 1.95. The van der Waals surface area contributed by atoms with Crippen LogP contribution in [0.1, 0.15) is 16.7 Å². The SMILES string of the molecule is Cc1ccc(N/N=C/c2cncnc2)c(C)c1. The molecule has 0 fully saturated rings. The van der Waals surface area contributed by atoms with Gasteiger partial charge < -0.3 is 0 Å². The van der Waals surface area contributed by atoms with E-state index in [-0.39, 0.29) is 0 Å². The summed E-state index contributed by atoms with van der Waals surface area (Å²) in [6.07, 6.45) is 6.61. The Balaban J connectivity index is 2.05. The highest BCUT2D eigenvalue weighted by atomic mass is 15.3. The molecule has 0 bridgehead atoms. The van der Waals surface area contributed by atoms with Crippen LogP contribution in [0, 0.1) is 13.8 Å². The van der Waals surface area contributed by atoms with Crippen molar-refractivity contribution in [2.24, 2.45) is 5.10 Å². The van der Waals surface area contributed by atoms with Gasteiger partial charge in [0.1, 0.15) is 6.33 Å². The van der Waals surface area contributed by atoms with Crippen molar-refractivity contribution in [3.8, 4) is 0 Å². The fourth-order valence-corrected chi connectivity index (χ4v) is 1.49. The van der Waals surface area contributed by atoms with Gasteiger partial charge in [-0.3, -0.25) is 5.43 Å². The van der Waals surface area contributed by atoms with Gasteiger partial charge in [-0.25, -0.2) is 9.97 Å². The Bertz CT molecular complexity index is 520. The monoisotopic (exact) mass is 226 g/mol. The van der Waals surface area contributed by atoms with Crippen molar-refractivity contribution >= 4 is 11.9 Å². The molecule has 2 rings (SSSR count). The molecular weight excluding hydrogens is 212 g/mol. The average Bonchev–Trinajstić information content (AvgIpc) is 2.33. The molecule has 0 saturated carbocycles. The topological polar surface area (TPSA) is 50.2 Å². The number of anilines is 1. The van der Waals surface area contributed by atoms with E-state index in [0.29, 0.717) is 0 Å². The molecule has 4 heteroatoms. The third-order valence-electron chi connectivity index (χ3n) is 2.36. The third kappa shape index (κ3) is 3.11. The lowest BCUT2D eigenvalue weighted by Gasteiger charge is -2.05. The van der Waals surface area contributed by atoms with Gasteiger partial charge in [-0.1, -0.05) is 17.7 Å². The number of hydrazone groups is 1. The van der Waals surface area contributed by atoms with Crippen LogP contribution in [-0.4, -0.2) is 16.2 Å². The minimum atomic E-state index is 0.866. The fraction of sp³-hybridized carbons (Fsp3) is 0.154. The maximum atomic E-state index is 4.15. The summed E-state index contributed by atoms with van der Waals surface area (Å²) < 4.78 is 0. The van der Waals surface area contributed by atoms with Crippen molar-refractivity contribution in [3.63, 3.8) is 0 Å². The highest BCUT2D eigenvalue weighted by molar-refractivity contribution is 5.79. The molecule has 1 N–H and O–H groups in total. The summed E-state index contributed by atoms with van der Waals surface area (Å²) in [6, 6.07) is 6.18. The Morgan fingerprint density at radius 3 is 2.65 bits per heavy atom. The Kier molecular flexibility index (Phi) is 3.45. The quantitative estimate of drug-likeness (QED) is 0.646. The third-order valence-corrected chi connectivity index (χ3v) is 2.36. The summed E-state index contributed by atoms with van der Waals surface area (Å²) in [6.45, 7) is 4.12. The zero-order valence-corrected chi connectivity index (χ0v) is 9.88. The summed E-state index contributed by atoms with van der Waals surface area (Å²) >= 11 is 0. The Morgan fingerprint density at radius 2 is 1.94 bits per heavy atom. The molecule has 0 aliphatic rings. The first-order chi connectivity index (χ1) is 8.25. The van der Waals surface area contributed by atoms with Crippen LogP contribution < -0.4 is 5.43 Å². The van der Waals surface area contributed by atoms with E-state index in [4.69, 9.17) is 0 Å². The van der Waals surface area contributed by atoms with Crippen molar-refractivity contribution in [1.29, 1.82) is 0 Å². The summed E-state index contributed by atoms with van der Waals surface area (Å²) in [5.74, 6) is 0. The van der Waals surface area contributed by atoms with Gasteiger partial charge in [-0.2, -0.15) is 5.10 Å². The molecule has 0 unspecified atom stereocenters. The second-order valence-corrected chi connectivity index (χ2v) is 3.86. The second kappa shape index (κ2) is 5.21. The number of aromatic nitrogens is 2. The molecule has 1 heterocycles. The van der Waals surface area contributed by atoms with Crippen molar-refractivity contribution in [1.82, 2.24) is 9.97 Å². The molecule has 0 atom stereocenters. The van der Waals surface area contributed by atoms with E-state index in [0.717, 1.165) is 11.3 Å². The molecular formula is C13H14N4. The van der Waals surface area contributed by atoms with Gasteiger partial charge in [0, 0.05) is 18.0 Å². The first-order valence-corrected chi connectivity index (χ1v) is 5.37. The molecule has 4 nitrogen and oxygen atoms in total. The van der Waals surface area contributed by atoms with Gasteiger partial charge in [0.25, 0.3) is 0 Å². The van der Waals surface area contributed by atoms with Crippen molar-refractivity contribution in [2.75, 3.05) is 5.43 Å². The van der Waals surface area contributed by atoms with Crippen LogP contribution in [0.15, 0.2) is 42.0 Å². The van der Waals surface area contributed by atoms with E-state index < -0.39 is 0 Å². The normalized spacial score (nSPS) is 10.7. The molecule has 2 aromatic rings. The standard InChI is InChI=1S/C13H14N4/c1-10-3-4-13(11(2)5-10)17-16-8-12-6-14-9-15-7-12/h3-9,17H,1-2H3/b16-8+. The Hall–Kier alpha value is -2.23. The fourth-order valence-electron chi connectivity index (χ4n) is 1.49. The molecule has 0 amide bonds. The number of rotatable bonds is 3. The van der Waals surface area contributed by atoms with Crippen LogP contribution in [0.25, 0.3) is 0 Å². The first kappa shape index (κ1) is 11.3. The van der Waals surface area contributed by atoms with Crippen LogP contribution in [0.5, 0.6) is 0 Å². The van der Waals surface area contributed by atoms with Crippen LogP contribution in [0.2, 0.25) is 0 Å². The first-order valence-electron chi connectivity index (χ1n) is 5.37. The number of benzene rings is 1. The van der Waals surface area contributed by atoms with Crippen molar-refractivity contribution in [2.45, 2.75) is 13.8 Å². The summed E-state index contributed by atoms with van der Waals surface area (Å²) in [7, 11) is 0. The summed E-state index contributed by atoms with van der Waals surface area (Å²) in [5, 5.41) is 4.15. The molecule has 0 spiro atoms. The lowest BCUT2D eigenvalue weighted by Crippen LogP contribution is -1.94. The van der Waals surface area contributed by atoms with Crippen LogP contribution in [0.4, 0.5) is 5.69 Å². The van der Waals surface area contributed by atoms with E-state index in [2.05, 4.69) is 46.5 Å². The molecule has 1 aromatic heterocycles. The molecule has 0 radical (unpaired) electrons. The van der Waals surface area contributed by atoms with Gasteiger partial charge in [0.2, 0.25) is 0 Å². The Morgan fingerprint density at radius 1 is 1.18 bits per heavy atom. The average molecular weight is 226 g/mol. The second-order valence-electron chi connectivity index (χ2n) is 3.86. The molecule has 0 aliphatic carbocycles. The zero-order chi connectivity index (χ0) is 12.1. The number of hydrogen-bond acceptors (Lipinski definition) is 4. The summed E-state index contributed by atoms with van der Waals surface area (Å²) in [5.41, 5.74) is 7.29. The summed E-state index contributed by atoms with van der Waals surface area (Å²) in [4.78, 5) is 7.82. The van der Waals surface area contributed by atoms with Crippen molar-refractivity contribution in [3.05, 3.63) is 53.6 Å². The number of nitrogens with zero attached hydrogens (tertiary/aromatic N) is 3. The van der Waals surface area contributed by atoms with E-state index in [1.807, 2.05) is 6.07 Å². The zero-order valence-electron chi connectivity index (χ0n) is 9.88. The molecule has 0 aliphatic heterocycles. The van der Waals surface area contributed by atoms with Gasteiger partial charge in [-0.15, -0.1) is 0 Å². The molecule has 1 aromatic carbocycles. The Labute approximate surface area is 100 Å². The van der Waals surface area contributed by atoms with E-state index in [1.54, 1.807) is 18.6 Å². The van der Waals surface area contributed by atoms with Gasteiger partial charge in [0.15, 0.2) is 0 Å². The maximum Gasteiger partial charge on any atom is 0.115 e. The van der Waals surface area contributed by atoms with Gasteiger partial charge in [0.05, 0.1) is 11.9 Å². The van der Waals surface area contributed by atoms with Crippen LogP contribution in [-0.2, 0) is 0 Å². The minimum absolute atomic E-state index is 0.866. The highest BCUT2D eigenvalue weighted by Crippen LogP contribution is 2.15. The molecule has 0 saturated heterocycles. The number of aryl methyl sites for hydroxylation is 2. The number of nitrogens with one attached hydrogen (secondary N) is 1. The van der Waals surface area contributed by atoms with Gasteiger partial charge >= 0.3 is 0 Å². The van der Waals surface area contributed by atoms with E-state index in [9.17, 15) is 0 Å². The van der Waals surface area contributed by atoms with Crippen LogP contribution in [0.3, 0.4) is 0 Å². The van der Waals surface area contributed by atoms with E-state index in [1.165, 1.54) is 17.5 Å². The lowest BCUT2D eigenvalue weighted by atomic mass is 10.1. The number of hydrogen-bond donors (Lipinski definition) is 1. The minimum Gasteiger partial charge on any atom is -0.278 e. The van der Waals surface area contributed by atoms with Crippen molar-refractivity contribution < 1.29 is 0 Å². The van der Waals surface area contributed by atoms with Gasteiger partial charge in [-0.05, 0) is 25.5 Å². The molecule has 86 valence electrons. The largest absolute Gasteiger partial charge is 0.278 e. The smallest absolute Gasteiger partial charge is 0.115 e. The predicted octanol–water partition coefficient (Wildman–Crippen LogP) is 2.54. The molecule has 17 heavy (non-hydrogen) atoms. The van der Waals surface area contributed by atoms with Crippen LogP contribution >= 0.6 is 0 Å². The van der Waals surface area contributed by atoms with E-state index >= 15 is 0 Å². The maximum absolute atomic E-state index is 4.15.